The molecule has 1 aliphatic heterocycles. The van der Waals surface area contributed by atoms with Crippen molar-refractivity contribution in [3.8, 4) is 0 Å². The Morgan fingerprint density at radius 1 is 1.18 bits per heavy atom. The van der Waals surface area contributed by atoms with Crippen molar-refractivity contribution in [3.05, 3.63) is 0 Å². The highest BCUT2D eigenvalue weighted by Gasteiger charge is 2.31. The molecule has 0 aromatic carbocycles. The zero-order valence-corrected chi connectivity index (χ0v) is 11.2. The first-order valence-corrected chi connectivity index (χ1v) is 7.37. The van der Waals surface area contributed by atoms with E-state index < -0.39 is 0 Å². The summed E-state index contributed by atoms with van der Waals surface area (Å²) in [4.78, 5) is 0. The smallest absolute Gasteiger partial charge is 0.0468 e. The molecule has 3 unspecified atom stereocenters. The summed E-state index contributed by atoms with van der Waals surface area (Å²) in [7, 11) is 0. The molecule has 1 saturated heterocycles. The van der Waals surface area contributed by atoms with Gasteiger partial charge in [0.15, 0.2) is 0 Å². The van der Waals surface area contributed by atoms with E-state index in [2.05, 4.69) is 12.3 Å². The first-order chi connectivity index (χ1) is 8.33. The number of nitrogens with two attached hydrogens (primary N) is 1. The third-order valence-electron chi connectivity index (χ3n) is 4.87. The maximum absolute atomic E-state index is 5.78. The van der Waals surface area contributed by atoms with Gasteiger partial charge in [0.1, 0.15) is 0 Å². The predicted octanol–water partition coefficient (Wildman–Crippen LogP) is 2.46. The van der Waals surface area contributed by atoms with Gasteiger partial charge in [-0.2, -0.15) is 0 Å². The van der Waals surface area contributed by atoms with Crippen molar-refractivity contribution >= 4 is 0 Å². The van der Waals surface area contributed by atoms with Crippen LogP contribution in [0, 0.1) is 17.8 Å². The minimum absolute atomic E-state index is 0.537. The molecule has 3 N–H and O–H groups in total. The molecule has 100 valence electrons. The highest BCUT2D eigenvalue weighted by atomic mass is 16.5. The largest absolute Gasteiger partial charge is 0.381 e. The SMILES string of the molecule is CCC1CCC(C(CC2CCOCC2)NN)C1. The summed E-state index contributed by atoms with van der Waals surface area (Å²) in [5.74, 6) is 8.36. The Morgan fingerprint density at radius 2 is 1.94 bits per heavy atom. The highest BCUT2D eigenvalue weighted by Crippen LogP contribution is 2.37. The van der Waals surface area contributed by atoms with Gasteiger partial charge in [-0.05, 0) is 49.9 Å². The maximum Gasteiger partial charge on any atom is 0.0468 e. The van der Waals surface area contributed by atoms with Gasteiger partial charge < -0.3 is 4.74 Å². The third kappa shape index (κ3) is 3.67. The van der Waals surface area contributed by atoms with E-state index in [-0.39, 0.29) is 0 Å². The normalized spacial score (nSPS) is 32.8. The topological polar surface area (TPSA) is 47.3 Å². The summed E-state index contributed by atoms with van der Waals surface area (Å²) >= 11 is 0. The van der Waals surface area contributed by atoms with Crippen molar-refractivity contribution in [1.82, 2.24) is 5.43 Å². The Morgan fingerprint density at radius 3 is 2.53 bits per heavy atom. The summed E-state index contributed by atoms with van der Waals surface area (Å²) < 4.78 is 5.42. The van der Waals surface area contributed by atoms with Crippen LogP contribution in [0.25, 0.3) is 0 Å². The first kappa shape index (κ1) is 13.3. The van der Waals surface area contributed by atoms with Crippen molar-refractivity contribution in [2.45, 2.75) is 57.9 Å². The minimum atomic E-state index is 0.537. The Hall–Kier alpha value is -0.120. The van der Waals surface area contributed by atoms with Crippen LogP contribution in [0.5, 0.6) is 0 Å². The number of nitrogens with one attached hydrogen (secondary N) is 1. The standard InChI is InChI=1S/C14H28N2O/c1-2-11-3-4-13(9-11)14(16-15)10-12-5-7-17-8-6-12/h11-14,16H,2-10,15H2,1H3. The lowest BCUT2D eigenvalue weighted by atomic mass is 9.85. The quantitative estimate of drug-likeness (QED) is 0.573. The molecule has 0 aromatic rings. The lowest BCUT2D eigenvalue weighted by Crippen LogP contribution is -2.42. The summed E-state index contributed by atoms with van der Waals surface area (Å²) in [5, 5.41) is 0. The van der Waals surface area contributed by atoms with E-state index in [1.54, 1.807) is 0 Å². The van der Waals surface area contributed by atoms with E-state index in [1.807, 2.05) is 0 Å². The maximum atomic E-state index is 5.78. The molecule has 0 aromatic heterocycles. The summed E-state index contributed by atoms with van der Waals surface area (Å²) in [6.45, 7) is 4.21. The minimum Gasteiger partial charge on any atom is -0.381 e. The lowest BCUT2D eigenvalue weighted by molar-refractivity contribution is 0.0578. The second-order valence-electron chi connectivity index (χ2n) is 5.91. The van der Waals surface area contributed by atoms with Crippen LogP contribution in [0.15, 0.2) is 0 Å². The molecule has 1 heterocycles. The van der Waals surface area contributed by atoms with Gasteiger partial charge in [-0.1, -0.05) is 19.8 Å². The van der Waals surface area contributed by atoms with E-state index in [0.717, 1.165) is 31.0 Å². The number of hydrogen-bond donors (Lipinski definition) is 2. The summed E-state index contributed by atoms with van der Waals surface area (Å²) in [5.41, 5.74) is 3.10. The predicted molar refractivity (Wildman–Crippen MR) is 70.4 cm³/mol. The molecule has 0 bridgehead atoms. The fourth-order valence-electron chi connectivity index (χ4n) is 3.59. The average Bonchev–Trinajstić information content (AvgIpc) is 2.86. The van der Waals surface area contributed by atoms with Crippen molar-refractivity contribution in [2.24, 2.45) is 23.6 Å². The van der Waals surface area contributed by atoms with Crippen molar-refractivity contribution in [1.29, 1.82) is 0 Å². The molecule has 3 heteroatoms. The van der Waals surface area contributed by atoms with Crippen molar-refractivity contribution < 1.29 is 4.74 Å². The van der Waals surface area contributed by atoms with Gasteiger partial charge >= 0.3 is 0 Å². The Balaban J connectivity index is 1.79. The van der Waals surface area contributed by atoms with E-state index in [4.69, 9.17) is 10.6 Å². The van der Waals surface area contributed by atoms with E-state index in [0.29, 0.717) is 6.04 Å². The zero-order valence-electron chi connectivity index (χ0n) is 11.2. The van der Waals surface area contributed by atoms with Crippen LogP contribution >= 0.6 is 0 Å². The number of ether oxygens (including phenoxy) is 1. The second-order valence-corrected chi connectivity index (χ2v) is 5.91. The Kier molecular flexibility index (Phi) is 5.26. The van der Waals surface area contributed by atoms with Gasteiger partial charge in [0, 0.05) is 19.3 Å². The molecule has 0 amide bonds. The molecule has 0 spiro atoms. The molecular weight excluding hydrogens is 212 g/mol. The average molecular weight is 240 g/mol. The van der Waals surface area contributed by atoms with E-state index in [9.17, 15) is 0 Å². The fraction of sp³-hybridized carbons (Fsp3) is 1.00. The molecule has 0 radical (unpaired) electrons. The number of hydrogen-bond acceptors (Lipinski definition) is 3. The van der Waals surface area contributed by atoms with Crippen LogP contribution in [0.2, 0.25) is 0 Å². The van der Waals surface area contributed by atoms with Gasteiger partial charge in [0.25, 0.3) is 0 Å². The van der Waals surface area contributed by atoms with Crippen LogP contribution in [-0.4, -0.2) is 19.3 Å². The molecule has 2 aliphatic rings. The molecular formula is C14H28N2O. The van der Waals surface area contributed by atoms with Crippen LogP contribution in [-0.2, 0) is 4.74 Å². The van der Waals surface area contributed by atoms with Gasteiger partial charge in [-0.3, -0.25) is 11.3 Å². The summed E-state index contributed by atoms with van der Waals surface area (Å²) in [6, 6.07) is 0.537. The van der Waals surface area contributed by atoms with Crippen molar-refractivity contribution in [3.63, 3.8) is 0 Å². The van der Waals surface area contributed by atoms with Crippen LogP contribution < -0.4 is 11.3 Å². The second kappa shape index (κ2) is 6.72. The monoisotopic (exact) mass is 240 g/mol. The van der Waals surface area contributed by atoms with Gasteiger partial charge in [-0.25, -0.2) is 0 Å². The van der Waals surface area contributed by atoms with Crippen molar-refractivity contribution in [2.75, 3.05) is 13.2 Å². The van der Waals surface area contributed by atoms with E-state index >= 15 is 0 Å². The van der Waals surface area contributed by atoms with E-state index in [1.165, 1.54) is 44.9 Å². The number of hydrazine groups is 1. The molecule has 17 heavy (non-hydrogen) atoms. The van der Waals surface area contributed by atoms with Crippen LogP contribution in [0.3, 0.4) is 0 Å². The molecule has 3 nitrogen and oxygen atoms in total. The lowest BCUT2D eigenvalue weighted by Gasteiger charge is -2.29. The first-order valence-electron chi connectivity index (χ1n) is 7.37. The zero-order chi connectivity index (χ0) is 12.1. The molecule has 2 fully saturated rings. The highest BCUT2D eigenvalue weighted by molar-refractivity contribution is 4.85. The molecule has 2 rings (SSSR count). The number of rotatable bonds is 5. The Labute approximate surface area is 105 Å². The van der Waals surface area contributed by atoms with Gasteiger partial charge in [0.2, 0.25) is 0 Å². The Bertz CT molecular complexity index is 216. The summed E-state index contributed by atoms with van der Waals surface area (Å²) in [6.07, 6.45) is 9.20. The molecule has 3 atom stereocenters. The van der Waals surface area contributed by atoms with Crippen LogP contribution in [0.1, 0.15) is 51.9 Å². The fourth-order valence-corrected chi connectivity index (χ4v) is 3.59. The van der Waals surface area contributed by atoms with Gasteiger partial charge in [-0.15, -0.1) is 0 Å². The third-order valence-corrected chi connectivity index (χ3v) is 4.87. The molecule has 1 aliphatic carbocycles. The van der Waals surface area contributed by atoms with Crippen LogP contribution in [0.4, 0.5) is 0 Å². The molecule has 1 saturated carbocycles. The van der Waals surface area contributed by atoms with Gasteiger partial charge in [0.05, 0.1) is 0 Å².